The molecule has 4 aromatic rings. The van der Waals surface area contributed by atoms with Gasteiger partial charge in [-0.05, 0) is 31.0 Å². The predicted molar refractivity (Wildman–Crippen MR) is 139 cm³/mol. The van der Waals surface area contributed by atoms with Gasteiger partial charge in [-0.3, -0.25) is 23.5 Å². The fourth-order valence-electron chi connectivity index (χ4n) is 4.57. The number of nitrogens with zero attached hydrogens (tertiary/aromatic N) is 6. The van der Waals surface area contributed by atoms with Crippen LogP contribution in [0.25, 0.3) is 22.4 Å². The fourth-order valence-corrected chi connectivity index (χ4v) is 4.57. The molecule has 214 valence electrons. The molecule has 0 aliphatic heterocycles. The van der Waals surface area contributed by atoms with Crippen molar-refractivity contribution in [1.82, 2.24) is 28.7 Å². The molecular formula is C26H24F3N7O5. The number of halogens is 3. The van der Waals surface area contributed by atoms with E-state index in [2.05, 4.69) is 20.3 Å². The maximum absolute atomic E-state index is 13.5. The molecule has 1 amide bonds. The number of hydrogen-bond acceptors (Lipinski definition) is 8. The third kappa shape index (κ3) is 4.76. The number of anilines is 1. The molecule has 1 fully saturated rings. The van der Waals surface area contributed by atoms with Gasteiger partial charge in [-0.1, -0.05) is 13.0 Å². The molecule has 1 N–H and O–H groups in total. The first-order valence-electron chi connectivity index (χ1n) is 12.5. The monoisotopic (exact) mass is 571 g/mol. The molecule has 5 rings (SSSR count). The van der Waals surface area contributed by atoms with Crippen molar-refractivity contribution in [3.8, 4) is 17.1 Å². The molecule has 0 bridgehead atoms. The van der Waals surface area contributed by atoms with Crippen LogP contribution in [0.3, 0.4) is 0 Å². The minimum absolute atomic E-state index is 0.00523. The summed E-state index contributed by atoms with van der Waals surface area (Å²) in [6, 6.07) is 5.31. The van der Waals surface area contributed by atoms with Gasteiger partial charge >= 0.3 is 11.9 Å². The van der Waals surface area contributed by atoms with Gasteiger partial charge in [-0.2, -0.15) is 13.2 Å². The van der Waals surface area contributed by atoms with Crippen LogP contribution in [0, 0.1) is 0 Å². The Morgan fingerprint density at radius 3 is 2.54 bits per heavy atom. The van der Waals surface area contributed by atoms with Gasteiger partial charge in [0.05, 0.1) is 25.7 Å². The first kappa shape index (κ1) is 27.7. The summed E-state index contributed by atoms with van der Waals surface area (Å²) in [6.45, 7) is 1.21. The summed E-state index contributed by atoms with van der Waals surface area (Å²) in [4.78, 5) is 63.8. The van der Waals surface area contributed by atoms with E-state index in [1.807, 2.05) is 0 Å². The Bertz CT molecular complexity index is 1820. The number of aromatic nitrogens is 6. The number of aryl methyl sites for hydroxylation is 1. The van der Waals surface area contributed by atoms with Crippen molar-refractivity contribution in [3.05, 3.63) is 63.2 Å². The highest BCUT2D eigenvalue weighted by atomic mass is 19.4. The summed E-state index contributed by atoms with van der Waals surface area (Å²) in [6.07, 6.45) is -1.40. The van der Waals surface area contributed by atoms with Crippen LogP contribution < -0.4 is 21.3 Å². The first-order chi connectivity index (χ1) is 19.4. The Labute approximate surface area is 229 Å². The van der Waals surface area contributed by atoms with Gasteiger partial charge in [0.2, 0.25) is 5.88 Å². The van der Waals surface area contributed by atoms with Crippen molar-refractivity contribution in [3.63, 3.8) is 0 Å². The molecule has 1 aliphatic carbocycles. The minimum atomic E-state index is -4.71. The van der Waals surface area contributed by atoms with E-state index in [1.165, 1.54) is 42.3 Å². The molecule has 0 atom stereocenters. The molecule has 1 aliphatic rings. The van der Waals surface area contributed by atoms with Crippen LogP contribution in [0.1, 0.15) is 31.7 Å². The number of hydrogen-bond donors (Lipinski definition) is 1. The number of ketones is 1. The second-order valence-electron chi connectivity index (χ2n) is 9.58. The van der Waals surface area contributed by atoms with Crippen LogP contribution >= 0.6 is 0 Å². The van der Waals surface area contributed by atoms with Gasteiger partial charge in [-0.15, -0.1) is 0 Å². The van der Waals surface area contributed by atoms with E-state index in [4.69, 9.17) is 4.74 Å². The van der Waals surface area contributed by atoms with Gasteiger partial charge in [0.15, 0.2) is 16.9 Å². The number of alkyl halides is 3. The molecule has 4 aromatic heterocycles. The number of pyridine rings is 2. The van der Waals surface area contributed by atoms with E-state index in [-0.39, 0.29) is 40.4 Å². The molecule has 0 saturated heterocycles. The highest BCUT2D eigenvalue weighted by molar-refractivity contribution is 5.99. The molecule has 0 radical (unpaired) electrons. The number of imidazole rings is 1. The number of methoxy groups -OCH3 is 1. The van der Waals surface area contributed by atoms with E-state index >= 15 is 0 Å². The number of Topliss-reactive ketones (excluding diaryl/α,β-unsaturated/α-hetero) is 1. The number of rotatable bonds is 8. The molecule has 0 aromatic carbocycles. The Kier molecular flexibility index (Phi) is 6.75. The SMILES string of the molecule is CCC(=O)Cn1c(=O)c2c(ncn2C2(C(=O)Nc3cccc(-c4cnc(OC)c(C(F)(F)F)c4)n3)CC2)n(C)c1=O. The van der Waals surface area contributed by atoms with E-state index in [9.17, 15) is 32.3 Å². The highest BCUT2D eigenvalue weighted by Crippen LogP contribution is 2.45. The largest absolute Gasteiger partial charge is 0.481 e. The summed E-state index contributed by atoms with van der Waals surface area (Å²) in [5, 5.41) is 2.68. The molecule has 4 heterocycles. The summed E-state index contributed by atoms with van der Waals surface area (Å²) in [5.74, 6) is -1.36. The van der Waals surface area contributed by atoms with Crippen molar-refractivity contribution in [2.24, 2.45) is 7.05 Å². The average molecular weight is 572 g/mol. The van der Waals surface area contributed by atoms with E-state index in [1.54, 1.807) is 6.92 Å². The Hall–Kier alpha value is -4.82. The molecule has 0 unspecified atom stereocenters. The highest BCUT2D eigenvalue weighted by Gasteiger charge is 2.53. The minimum Gasteiger partial charge on any atom is -0.481 e. The van der Waals surface area contributed by atoms with Crippen LogP contribution in [0.2, 0.25) is 0 Å². The zero-order valence-corrected chi connectivity index (χ0v) is 22.2. The first-order valence-corrected chi connectivity index (χ1v) is 12.5. The molecule has 41 heavy (non-hydrogen) atoms. The van der Waals surface area contributed by atoms with Gasteiger partial charge in [0.1, 0.15) is 16.9 Å². The van der Waals surface area contributed by atoms with E-state index in [0.29, 0.717) is 12.8 Å². The van der Waals surface area contributed by atoms with Crippen LogP contribution in [-0.4, -0.2) is 47.5 Å². The maximum Gasteiger partial charge on any atom is 0.421 e. The van der Waals surface area contributed by atoms with Gasteiger partial charge in [0.25, 0.3) is 11.5 Å². The standard InChI is InChI=1S/C26H24F3N7O5/c1-4-15(37)12-35-22(38)19-20(34(2)24(35)40)31-13-36(19)25(8-9-25)23(39)33-18-7-5-6-17(32-18)14-10-16(26(27,28)29)21(41-3)30-11-14/h5-7,10-11,13H,4,8-9,12H2,1-3H3,(H,32,33,39). The van der Waals surface area contributed by atoms with Crippen LogP contribution in [0.15, 0.2) is 46.4 Å². The lowest BCUT2D eigenvalue weighted by Gasteiger charge is -2.18. The number of fused-ring (bicyclic) bond motifs is 1. The van der Waals surface area contributed by atoms with E-state index in [0.717, 1.165) is 22.3 Å². The lowest BCUT2D eigenvalue weighted by molar-refractivity contribution is -0.139. The van der Waals surface area contributed by atoms with Gasteiger partial charge in [0, 0.05) is 25.2 Å². The zero-order chi connectivity index (χ0) is 29.7. The predicted octanol–water partition coefficient (Wildman–Crippen LogP) is 2.49. The number of nitrogens with one attached hydrogen (secondary N) is 1. The molecule has 12 nitrogen and oxygen atoms in total. The summed E-state index contributed by atoms with van der Waals surface area (Å²) in [7, 11) is 2.50. The zero-order valence-electron chi connectivity index (χ0n) is 22.2. The molecular weight excluding hydrogens is 547 g/mol. The number of ether oxygens (including phenoxy) is 1. The quantitative estimate of drug-likeness (QED) is 0.340. The summed E-state index contributed by atoms with van der Waals surface area (Å²) < 4.78 is 48.5. The normalized spacial score (nSPS) is 14.2. The average Bonchev–Trinajstić information content (AvgIpc) is 3.64. The second-order valence-corrected chi connectivity index (χ2v) is 9.58. The maximum atomic E-state index is 13.5. The smallest absolute Gasteiger partial charge is 0.421 e. The van der Waals surface area contributed by atoms with Gasteiger partial charge < -0.3 is 14.6 Å². The molecule has 1 saturated carbocycles. The van der Waals surface area contributed by atoms with Crippen LogP contribution in [-0.2, 0) is 34.9 Å². The van der Waals surface area contributed by atoms with E-state index < -0.39 is 46.9 Å². The van der Waals surface area contributed by atoms with Crippen molar-refractivity contribution in [2.45, 2.75) is 44.4 Å². The van der Waals surface area contributed by atoms with Crippen LogP contribution in [0.4, 0.5) is 19.0 Å². The second kappa shape index (κ2) is 9.98. The van der Waals surface area contributed by atoms with Crippen molar-refractivity contribution in [2.75, 3.05) is 12.4 Å². The topological polar surface area (TPSA) is 143 Å². The third-order valence-electron chi connectivity index (χ3n) is 7.00. The van der Waals surface area contributed by atoms with Crippen molar-refractivity contribution in [1.29, 1.82) is 0 Å². The summed E-state index contributed by atoms with van der Waals surface area (Å²) in [5.41, 5.74) is -3.50. The number of amides is 1. The molecule has 0 spiro atoms. The van der Waals surface area contributed by atoms with Crippen LogP contribution in [0.5, 0.6) is 5.88 Å². The van der Waals surface area contributed by atoms with Gasteiger partial charge in [-0.25, -0.2) is 19.7 Å². The Morgan fingerprint density at radius 1 is 1.17 bits per heavy atom. The number of carbonyl (C=O) groups is 2. The number of carbonyl (C=O) groups excluding carboxylic acids is 2. The third-order valence-corrected chi connectivity index (χ3v) is 7.00. The fraction of sp³-hybridized carbons (Fsp3) is 0.346. The lowest BCUT2D eigenvalue weighted by Crippen LogP contribution is -2.42. The Balaban J connectivity index is 1.49. The molecule has 15 heteroatoms. The Morgan fingerprint density at radius 2 is 1.90 bits per heavy atom. The van der Waals surface area contributed by atoms with Crippen molar-refractivity contribution >= 4 is 28.7 Å². The lowest BCUT2D eigenvalue weighted by atomic mass is 10.1. The van der Waals surface area contributed by atoms with Crippen molar-refractivity contribution < 1.29 is 27.5 Å². The summed E-state index contributed by atoms with van der Waals surface area (Å²) >= 11 is 0.